The minimum Gasteiger partial charge on any atom is -0.0885 e. The lowest BCUT2D eigenvalue weighted by atomic mass is 9.87. The minimum absolute atomic E-state index is 0.804. The fourth-order valence-electron chi connectivity index (χ4n) is 5.15. The number of hydrogen-bond donors (Lipinski definition) is 0. The quantitative estimate of drug-likeness (QED) is 0.0671. The molecule has 0 atom stereocenters. The van der Waals surface area contributed by atoms with Gasteiger partial charge in [0.15, 0.2) is 0 Å². The fraction of sp³-hybridized carbons (Fsp3) is 0.789. The molecule has 0 spiro atoms. The van der Waals surface area contributed by atoms with E-state index in [2.05, 4.69) is 76.3 Å². The van der Waals surface area contributed by atoms with Crippen LogP contribution in [0.15, 0.2) is 48.6 Å². The summed E-state index contributed by atoms with van der Waals surface area (Å²) < 4.78 is 0. The number of rotatable bonds is 29. The van der Waals surface area contributed by atoms with Crippen LogP contribution >= 0.6 is 0 Å². The van der Waals surface area contributed by atoms with Crippen LogP contribution in [0.1, 0.15) is 182 Å². The van der Waals surface area contributed by atoms with E-state index < -0.39 is 0 Å². The summed E-state index contributed by atoms with van der Waals surface area (Å²) in [4.78, 5) is 0. The Morgan fingerprint density at radius 1 is 0.342 bits per heavy atom. The van der Waals surface area contributed by atoms with Gasteiger partial charge < -0.3 is 0 Å². The van der Waals surface area contributed by atoms with Crippen molar-refractivity contribution in [2.75, 3.05) is 0 Å². The van der Waals surface area contributed by atoms with Crippen LogP contribution in [-0.4, -0.2) is 0 Å². The van der Waals surface area contributed by atoms with Crippen molar-refractivity contribution in [1.82, 2.24) is 0 Å². The molecule has 0 saturated carbocycles. The SMILES string of the molecule is CCCCC/C=C/CCCCCC/C=C/CCC(CC/C=C/CCCCCC/C=C/CCCCC)C(C)C. The standard InChI is InChI=1S/C38H70/c1-5-7-9-11-13-15-17-19-21-23-25-27-29-31-33-35-38(37(3)4)36-34-32-30-28-26-24-22-20-18-16-14-12-10-8-6-2/h13-16,29-32,37-38H,5-12,17-28,33-36H2,1-4H3/b15-13+,16-14+,31-29+,32-30+. The van der Waals surface area contributed by atoms with Crippen molar-refractivity contribution in [3.8, 4) is 0 Å². The first kappa shape index (κ1) is 37.0. The molecule has 0 unspecified atom stereocenters. The molecule has 0 aromatic carbocycles. The van der Waals surface area contributed by atoms with Crippen LogP contribution in [0.5, 0.6) is 0 Å². The Kier molecular flexibility index (Phi) is 31.3. The minimum atomic E-state index is 0.804. The van der Waals surface area contributed by atoms with E-state index in [9.17, 15) is 0 Å². The van der Waals surface area contributed by atoms with Crippen LogP contribution in [0, 0.1) is 11.8 Å². The molecule has 0 aromatic rings. The van der Waals surface area contributed by atoms with Crippen LogP contribution in [0.4, 0.5) is 0 Å². The summed E-state index contributed by atoms with van der Waals surface area (Å²) in [5.74, 6) is 1.67. The van der Waals surface area contributed by atoms with Crippen LogP contribution < -0.4 is 0 Å². The summed E-state index contributed by atoms with van der Waals surface area (Å²) in [6.07, 6.45) is 51.6. The molecule has 0 nitrogen and oxygen atoms in total. The molecule has 0 aromatic heterocycles. The molecule has 0 aliphatic rings. The van der Waals surface area contributed by atoms with E-state index in [1.165, 1.54) is 154 Å². The average Bonchev–Trinajstić information content (AvgIpc) is 2.91. The molecule has 0 rings (SSSR count). The molecule has 38 heavy (non-hydrogen) atoms. The summed E-state index contributed by atoms with van der Waals surface area (Å²) in [5.41, 5.74) is 0. The summed E-state index contributed by atoms with van der Waals surface area (Å²) in [5, 5.41) is 0. The van der Waals surface area contributed by atoms with Gasteiger partial charge in [-0.2, -0.15) is 0 Å². The second-order valence-electron chi connectivity index (χ2n) is 12.0. The zero-order chi connectivity index (χ0) is 27.8. The highest BCUT2D eigenvalue weighted by atomic mass is 14.2. The van der Waals surface area contributed by atoms with Gasteiger partial charge in [0.05, 0.1) is 0 Å². The van der Waals surface area contributed by atoms with Crippen molar-refractivity contribution in [3.05, 3.63) is 48.6 Å². The number of hydrogen-bond acceptors (Lipinski definition) is 0. The van der Waals surface area contributed by atoms with Crippen molar-refractivity contribution in [1.29, 1.82) is 0 Å². The predicted molar refractivity (Wildman–Crippen MR) is 177 cm³/mol. The zero-order valence-corrected chi connectivity index (χ0v) is 26.7. The lowest BCUT2D eigenvalue weighted by molar-refractivity contribution is 0.341. The van der Waals surface area contributed by atoms with Crippen molar-refractivity contribution in [2.45, 2.75) is 182 Å². The molecule has 0 aliphatic carbocycles. The monoisotopic (exact) mass is 527 g/mol. The molecule has 0 saturated heterocycles. The van der Waals surface area contributed by atoms with E-state index in [4.69, 9.17) is 0 Å². The Balaban J connectivity index is 3.61. The second kappa shape index (κ2) is 32.2. The third kappa shape index (κ3) is 29.5. The highest BCUT2D eigenvalue weighted by Crippen LogP contribution is 2.23. The smallest absolute Gasteiger partial charge is 0.0348 e. The van der Waals surface area contributed by atoms with Gasteiger partial charge in [0.1, 0.15) is 0 Å². The summed E-state index contributed by atoms with van der Waals surface area (Å²) in [6.45, 7) is 9.39. The maximum absolute atomic E-state index is 2.46. The van der Waals surface area contributed by atoms with Gasteiger partial charge in [0.25, 0.3) is 0 Å². The lowest BCUT2D eigenvalue weighted by Gasteiger charge is -2.19. The molecule has 0 heterocycles. The summed E-state index contributed by atoms with van der Waals surface area (Å²) in [7, 11) is 0. The Hall–Kier alpha value is -1.04. The Labute approximate surface area is 241 Å². The summed E-state index contributed by atoms with van der Waals surface area (Å²) >= 11 is 0. The van der Waals surface area contributed by atoms with Gasteiger partial charge in [0, 0.05) is 0 Å². The van der Waals surface area contributed by atoms with E-state index >= 15 is 0 Å². The first-order valence-corrected chi connectivity index (χ1v) is 17.3. The van der Waals surface area contributed by atoms with Crippen molar-refractivity contribution >= 4 is 0 Å². The van der Waals surface area contributed by atoms with Crippen LogP contribution in [0.3, 0.4) is 0 Å². The van der Waals surface area contributed by atoms with Gasteiger partial charge in [-0.25, -0.2) is 0 Å². The van der Waals surface area contributed by atoms with Gasteiger partial charge in [-0.3, -0.25) is 0 Å². The van der Waals surface area contributed by atoms with E-state index in [1.807, 2.05) is 0 Å². The average molecular weight is 527 g/mol. The van der Waals surface area contributed by atoms with Gasteiger partial charge in [-0.15, -0.1) is 0 Å². The fourth-order valence-corrected chi connectivity index (χ4v) is 5.15. The van der Waals surface area contributed by atoms with Gasteiger partial charge in [0.2, 0.25) is 0 Å². The van der Waals surface area contributed by atoms with Crippen molar-refractivity contribution in [2.24, 2.45) is 11.8 Å². The largest absolute Gasteiger partial charge is 0.0885 e. The first-order chi connectivity index (χ1) is 18.7. The molecular weight excluding hydrogens is 456 g/mol. The maximum atomic E-state index is 2.46. The Morgan fingerprint density at radius 2 is 0.605 bits per heavy atom. The Bertz CT molecular complexity index is 500. The third-order valence-electron chi connectivity index (χ3n) is 7.95. The normalized spacial score (nSPS) is 12.7. The first-order valence-electron chi connectivity index (χ1n) is 17.3. The van der Waals surface area contributed by atoms with E-state index in [0.29, 0.717) is 0 Å². The maximum Gasteiger partial charge on any atom is -0.0348 e. The van der Waals surface area contributed by atoms with E-state index in [1.54, 1.807) is 0 Å². The third-order valence-corrected chi connectivity index (χ3v) is 7.95. The van der Waals surface area contributed by atoms with Crippen molar-refractivity contribution in [3.63, 3.8) is 0 Å². The number of unbranched alkanes of at least 4 members (excludes halogenated alkanes) is 16. The molecule has 0 radical (unpaired) electrons. The van der Waals surface area contributed by atoms with Crippen LogP contribution in [-0.2, 0) is 0 Å². The lowest BCUT2D eigenvalue weighted by Crippen LogP contribution is -2.08. The second-order valence-corrected chi connectivity index (χ2v) is 12.0. The molecule has 222 valence electrons. The topological polar surface area (TPSA) is 0 Å². The summed E-state index contributed by atoms with van der Waals surface area (Å²) in [6, 6.07) is 0. The molecule has 0 aliphatic heterocycles. The Morgan fingerprint density at radius 3 is 0.868 bits per heavy atom. The molecular formula is C38H70. The van der Waals surface area contributed by atoms with Gasteiger partial charge in [-0.05, 0) is 115 Å². The highest BCUT2D eigenvalue weighted by molar-refractivity contribution is 4.86. The van der Waals surface area contributed by atoms with E-state index in [0.717, 1.165) is 11.8 Å². The molecule has 0 bridgehead atoms. The highest BCUT2D eigenvalue weighted by Gasteiger charge is 2.11. The van der Waals surface area contributed by atoms with E-state index in [-0.39, 0.29) is 0 Å². The molecule has 0 N–H and O–H groups in total. The van der Waals surface area contributed by atoms with Crippen LogP contribution in [0.2, 0.25) is 0 Å². The van der Waals surface area contributed by atoms with Gasteiger partial charge >= 0.3 is 0 Å². The number of allylic oxidation sites excluding steroid dienone is 8. The van der Waals surface area contributed by atoms with Crippen molar-refractivity contribution < 1.29 is 0 Å². The molecule has 0 heteroatoms. The molecule has 0 fully saturated rings. The molecule has 0 amide bonds. The van der Waals surface area contributed by atoms with Gasteiger partial charge in [-0.1, -0.05) is 128 Å². The zero-order valence-electron chi connectivity index (χ0n) is 26.7. The predicted octanol–water partition coefficient (Wildman–Crippen LogP) is 13.9. The van der Waals surface area contributed by atoms with Crippen LogP contribution in [0.25, 0.3) is 0 Å².